The van der Waals surface area contributed by atoms with Crippen molar-refractivity contribution >= 4 is 34.8 Å². The summed E-state index contributed by atoms with van der Waals surface area (Å²) in [6.07, 6.45) is 6.66. The van der Waals surface area contributed by atoms with Crippen molar-refractivity contribution in [3.8, 4) is 11.1 Å². The summed E-state index contributed by atoms with van der Waals surface area (Å²) in [6.45, 7) is 10.0. The molecule has 2 aromatic heterocycles. The molecule has 0 bridgehead atoms. The molecule has 1 fully saturated rings. The Morgan fingerprint density at radius 3 is 2.17 bits per heavy atom. The number of carbonyl (C=O) groups is 2. The van der Waals surface area contributed by atoms with Crippen LogP contribution < -0.4 is 16.0 Å². The van der Waals surface area contributed by atoms with Crippen LogP contribution in [0.1, 0.15) is 89.1 Å². The van der Waals surface area contributed by atoms with Crippen LogP contribution in [-0.4, -0.2) is 54.9 Å². The fourth-order valence-corrected chi connectivity index (χ4v) is 8.00. The number of imidazole rings is 2. The first-order valence-electron chi connectivity index (χ1n) is 17.1. The van der Waals surface area contributed by atoms with Crippen molar-refractivity contribution in [2.75, 3.05) is 23.7 Å². The number of aromatic nitrogens is 4. The lowest BCUT2D eigenvalue weighted by Gasteiger charge is -2.41. The van der Waals surface area contributed by atoms with Gasteiger partial charge in [-0.25, -0.2) is 9.97 Å². The summed E-state index contributed by atoms with van der Waals surface area (Å²) >= 11 is 6.99. The smallest absolute Gasteiger partial charge is 0.291 e. The molecule has 0 saturated heterocycles. The van der Waals surface area contributed by atoms with Crippen molar-refractivity contribution in [3.05, 3.63) is 81.4 Å². The van der Waals surface area contributed by atoms with Gasteiger partial charge in [0.15, 0.2) is 11.6 Å². The van der Waals surface area contributed by atoms with Gasteiger partial charge in [-0.15, -0.1) is 0 Å². The van der Waals surface area contributed by atoms with Gasteiger partial charge in [-0.3, -0.25) is 14.5 Å². The van der Waals surface area contributed by atoms with Crippen molar-refractivity contribution in [1.82, 2.24) is 29.3 Å². The first kappa shape index (κ1) is 32.6. The minimum Gasteiger partial charge on any atom is -0.327 e. The number of rotatable bonds is 6. The Balaban J connectivity index is 1.08. The largest absolute Gasteiger partial charge is 0.327 e. The second kappa shape index (κ2) is 12.8. The molecule has 11 heteroatoms. The highest BCUT2D eigenvalue weighted by Crippen LogP contribution is 2.39. The van der Waals surface area contributed by atoms with E-state index in [1.807, 2.05) is 60.5 Å². The predicted octanol–water partition coefficient (Wildman–Crippen LogP) is 6.26. The van der Waals surface area contributed by atoms with E-state index in [2.05, 4.69) is 39.7 Å². The Bertz CT molecular complexity index is 1900. The van der Waals surface area contributed by atoms with Crippen LogP contribution in [0.3, 0.4) is 0 Å². The standard InChI is InChI=1S/C37H45ClN8O2/c1-22-24(8-6-10-26(22)42-35(47)33-40-28-20-39-18-14-30(28)44(33)4)25-9-7-11-27(32(25)38)43-36(48)34-41-29-21-46(19-15-31(29)45(34)5)23-12-16-37(2,3)17-13-23/h6-11,23,39H,12-21H2,1-5H3,(H,42,47)(H,43,48). The monoisotopic (exact) mass is 668 g/mol. The molecule has 0 spiro atoms. The van der Waals surface area contributed by atoms with Gasteiger partial charge in [-0.2, -0.15) is 0 Å². The molecule has 2 aliphatic heterocycles. The van der Waals surface area contributed by atoms with E-state index in [9.17, 15) is 9.59 Å². The zero-order valence-corrected chi connectivity index (χ0v) is 29.3. The second-order valence-electron chi connectivity index (χ2n) is 14.4. The van der Waals surface area contributed by atoms with E-state index >= 15 is 0 Å². The molecule has 10 nitrogen and oxygen atoms in total. The maximum atomic E-state index is 13.7. The first-order chi connectivity index (χ1) is 23.0. The molecule has 2 aromatic carbocycles. The number of amides is 2. The van der Waals surface area contributed by atoms with Crippen molar-refractivity contribution < 1.29 is 9.59 Å². The first-order valence-corrected chi connectivity index (χ1v) is 17.4. The summed E-state index contributed by atoms with van der Waals surface area (Å²) in [7, 11) is 3.82. The Kier molecular flexibility index (Phi) is 8.68. The summed E-state index contributed by atoms with van der Waals surface area (Å²) in [5, 5.41) is 9.83. The maximum absolute atomic E-state index is 13.7. The van der Waals surface area contributed by atoms with Gasteiger partial charge in [0, 0.05) is 81.8 Å². The second-order valence-corrected chi connectivity index (χ2v) is 14.7. The molecule has 252 valence electrons. The van der Waals surface area contributed by atoms with Crippen molar-refractivity contribution in [1.29, 1.82) is 0 Å². The molecule has 1 saturated carbocycles. The third-order valence-electron chi connectivity index (χ3n) is 10.8. The van der Waals surface area contributed by atoms with Crippen molar-refractivity contribution in [2.45, 2.75) is 78.4 Å². The maximum Gasteiger partial charge on any atom is 0.291 e. The number of nitrogens with one attached hydrogen (secondary N) is 3. The topological polar surface area (TPSA) is 109 Å². The van der Waals surface area contributed by atoms with Gasteiger partial charge in [0.25, 0.3) is 11.8 Å². The van der Waals surface area contributed by atoms with Gasteiger partial charge < -0.3 is 25.1 Å². The molecule has 3 aliphatic rings. The fourth-order valence-electron chi connectivity index (χ4n) is 7.73. The highest BCUT2D eigenvalue weighted by atomic mass is 35.5. The number of benzene rings is 2. The number of fused-ring (bicyclic) bond motifs is 2. The zero-order chi connectivity index (χ0) is 33.7. The molecule has 7 rings (SSSR count). The van der Waals surface area contributed by atoms with E-state index in [1.54, 1.807) is 6.07 Å². The summed E-state index contributed by atoms with van der Waals surface area (Å²) in [5.74, 6) is 0.226. The average molecular weight is 669 g/mol. The SMILES string of the molecule is Cc1c(NC(=O)c2nc3c(n2C)CCNC3)cccc1-c1cccc(NC(=O)c2nc3c(n2C)CCN(C2CCC(C)(C)CC2)C3)c1Cl. The minimum atomic E-state index is -0.289. The number of nitrogens with zero attached hydrogens (tertiary/aromatic N) is 5. The van der Waals surface area contributed by atoms with Gasteiger partial charge in [-0.1, -0.05) is 49.7 Å². The highest BCUT2D eigenvalue weighted by Gasteiger charge is 2.34. The number of halogens is 1. The Morgan fingerprint density at radius 1 is 0.875 bits per heavy atom. The summed E-state index contributed by atoms with van der Waals surface area (Å²) < 4.78 is 3.83. The lowest BCUT2D eigenvalue weighted by atomic mass is 9.75. The third kappa shape index (κ3) is 6.06. The molecule has 4 heterocycles. The van der Waals surface area contributed by atoms with Crippen LogP contribution in [0.2, 0.25) is 5.02 Å². The van der Waals surface area contributed by atoms with Gasteiger partial charge in [-0.05, 0) is 61.3 Å². The van der Waals surface area contributed by atoms with Crippen LogP contribution in [0.15, 0.2) is 36.4 Å². The number of hydrogen-bond acceptors (Lipinski definition) is 6. The lowest BCUT2D eigenvalue weighted by molar-refractivity contribution is 0.0948. The van der Waals surface area contributed by atoms with Gasteiger partial charge in [0.1, 0.15) is 0 Å². The minimum absolute atomic E-state index is 0.261. The Morgan fingerprint density at radius 2 is 1.48 bits per heavy atom. The molecule has 48 heavy (non-hydrogen) atoms. The molecule has 0 unspecified atom stereocenters. The highest BCUT2D eigenvalue weighted by molar-refractivity contribution is 6.36. The number of hydrogen-bond donors (Lipinski definition) is 3. The molecule has 0 radical (unpaired) electrons. The molecule has 0 atom stereocenters. The van der Waals surface area contributed by atoms with Crippen molar-refractivity contribution in [3.63, 3.8) is 0 Å². The van der Waals surface area contributed by atoms with Gasteiger partial charge >= 0.3 is 0 Å². The van der Waals surface area contributed by atoms with Crippen LogP contribution in [0.4, 0.5) is 11.4 Å². The van der Waals surface area contributed by atoms with Crippen molar-refractivity contribution in [2.24, 2.45) is 19.5 Å². The van der Waals surface area contributed by atoms with E-state index in [0.29, 0.717) is 46.0 Å². The molecular weight excluding hydrogens is 624 g/mol. The molecule has 2 amide bonds. The Labute approximate surface area is 287 Å². The Hall–Kier alpha value is -3.99. The molecular formula is C37H45ClN8O2. The molecule has 1 aliphatic carbocycles. The normalized spacial score (nSPS) is 17.9. The average Bonchev–Trinajstić information content (AvgIpc) is 3.59. The summed E-state index contributed by atoms with van der Waals surface area (Å²) in [5.41, 5.74) is 8.22. The number of anilines is 2. The van der Waals surface area contributed by atoms with E-state index < -0.39 is 0 Å². The fraction of sp³-hybridized carbons (Fsp3) is 0.459. The van der Waals surface area contributed by atoms with E-state index in [4.69, 9.17) is 16.6 Å². The van der Waals surface area contributed by atoms with Crippen LogP contribution >= 0.6 is 11.6 Å². The van der Waals surface area contributed by atoms with Gasteiger partial charge in [0.05, 0.1) is 22.1 Å². The van der Waals surface area contributed by atoms with E-state index in [-0.39, 0.29) is 11.8 Å². The quantitative estimate of drug-likeness (QED) is 0.224. The van der Waals surface area contributed by atoms with Crippen LogP contribution in [0, 0.1) is 12.3 Å². The predicted molar refractivity (Wildman–Crippen MR) is 190 cm³/mol. The lowest BCUT2D eigenvalue weighted by Crippen LogP contribution is -2.42. The van der Waals surface area contributed by atoms with E-state index in [1.165, 1.54) is 25.7 Å². The molecule has 4 aromatic rings. The van der Waals surface area contributed by atoms with Gasteiger partial charge in [0.2, 0.25) is 0 Å². The summed E-state index contributed by atoms with van der Waals surface area (Å²) in [6, 6.07) is 11.9. The molecule has 3 N–H and O–H groups in total. The number of carbonyl (C=O) groups excluding carboxylic acids is 2. The zero-order valence-electron chi connectivity index (χ0n) is 28.5. The van der Waals surface area contributed by atoms with Crippen LogP contribution in [0.25, 0.3) is 11.1 Å². The summed E-state index contributed by atoms with van der Waals surface area (Å²) in [4.78, 5) is 39.0. The van der Waals surface area contributed by atoms with E-state index in [0.717, 1.165) is 71.9 Å². The van der Waals surface area contributed by atoms with Crippen LogP contribution in [0.5, 0.6) is 0 Å². The van der Waals surface area contributed by atoms with Crippen LogP contribution in [-0.2, 0) is 40.0 Å². The third-order valence-corrected chi connectivity index (χ3v) is 11.2.